The van der Waals surface area contributed by atoms with Crippen LogP contribution in [-0.2, 0) is 6.54 Å². The van der Waals surface area contributed by atoms with Gasteiger partial charge in [-0.15, -0.1) is 0 Å². The molecule has 0 amide bonds. The zero-order valence-corrected chi connectivity index (χ0v) is 13.4. The lowest BCUT2D eigenvalue weighted by atomic mass is 10.2. The van der Waals surface area contributed by atoms with Crippen LogP contribution in [0.5, 0.6) is 0 Å². The van der Waals surface area contributed by atoms with Gasteiger partial charge in [-0.2, -0.15) is 15.1 Å². The summed E-state index contributed by atoms with van der Waals surface area (Å²) in [4.78, 5) is 12.4. The van der Waals surface area contributed by atoms with Crippen LogP contribution >= 0.6 is 0 Å². The molecular weight excluding hydrogens is 290 g/mol. The number of rotatable bonds is 6. The van der Waals surface area contributed by atoms with E-state index >= 15 is 0 Å². The third-order valence-corrected chi connectivity index (χ3v) is 4.32. The lowest BCUT2D eigenvalue weighted by Gasteiger charge is -2.15. The second kappa shape index (κ2) is 5.57. The Bertz CT molecular complexity index is 815. The minimum Gasteiger partial charge on any atom is -0.367 e. The SMILES string of the molecule is CCn1cc(Nc2nc(N[C@@H](C)C3CC3)c3cc[nH]c3n2)cn1. The largest absolute Gasteiger partial charge is 0.367 e. The van der Waals surface area contributed by atoms with E-state index in [0.717, 1.165) is 35.0 Å². The number of aromatic nitrogens is 5. The maximum absolute atomic E-state index is 4.66. The Morgan fingerprint density at radius 2 is 2.26 bits per heavy atom. The van der Waals surface area contributed by atoms with Crippen molar-refractivity contribution in [2.24, 2.45) is 5.92 Å². The minimum absolute atomic E-state index is 0.429. The first kappa shape index (κ1) is 14.0. The van der Waals surface area contributed by atoms with E-state index < -0.39 is 0 Å². The van der Waals surface area contributed by atoms with E-state index in [9.17, 15) is 0 Å². The number of H-pyrrole nitrogens is 1. The van der Waals surface area contributed by atoms with E-state index in [1.807, 2.05) is 23.1 Å². The highest BCUT2D eigenvalue weighted by molar-refractivity contribution is 5.88. The molecule has 3 aromatic rings. The Kier molecular flexibility index (Phi) is 3.40. The molecule has 0 bridgehead atoms. The fraction of sp³-hybridized carbons (Fsp3) is 0.438. The van der Waals surface area contributed by atoms with E-state index in [1.165, 1.54) is 12.8 Å². The van der Waals surface area contributed by atoms with Crippen molar-refractivity contribution in [2.45, 2.75) is 39.3 Å². The fourth-order valence-corrected chi connectivity index (χ4v) is 2.77. The molecule has 1 aliphatic carbocycles. The number of aromatic amines is 1. The van der Waals surface area contributed by atoms with Crippen molar-refractivity contribution < 1.29 is 0 Å². The Morgan fingerprint density at radius 3 is 3.00 bits per heavy atom. The molecule has 1 saturated carbocycles. The van der Waals surface area contributed by atoms with Gasteiger partial charge in [0.25, 0.3) is 0 Å². The molecule has 0 radical (unpaired) electrons. The number of nitrogens with zero attached hydrogens (tertiary/aromatic N) is 4. The summed E-state index contributed by atoms with van der Waals surface area (Å²) >= 11 is 0. The van der Waals surface area contributed by atoms with Crippen LogP contribution in [0.4, 0.5) is 17.5 Å². The second-order valence-electron chi connectivity index (χ2n) is 6.12. The Morgan fingerprint density at radius 1 is 1.39 bits per heavy atom. The maximum atomic E-state index is 4.66. The highest BCUT2D eigenvalue weighted by Gasteiger charge is 2.28. The highest BCUT2D eigenvalue weighted by atomic mass is 15.3. The van der Waals surface area contributed by atoms with Gasteiger partial charge in [0.05, 0.1) is 17.3 Å². The van der Waals surface area contributed by atoms with Gasteiger partial charge in [-0.3, -0.25) is 4.68 Å². The smallest absolute Gasteiger partial charge is 0.231 e. The molecule has 7 nitrogen and oxygen atoms in total. The van der Waals surface area contributed by atoms with E-state index in [1.54, 1.807) is 6.20 Å². The second-order valence-corrected chi connectivity index (χ2v) is 6.12. The van der Waals surface area contributed by atoms with Crippen LogP contribution in [0.2, 0.25) is 0 Å². The zero-order valence-electron chi connectivity index (χ0n) is 13.4. The predicted molar refractivity (Wildman–Crippen MR) is 90.9 cm³/mol. The summed E-state index contributed by atoms with van der Waals surface area (Å²) in [5.41, 5.74) is 1.72. The molecule has 0 spiro atoms. The van der Waals surface area contributed by atoms with Crippen LogP contribution < -0.4 is 10.6 Å². The number of fused-ring (bicyclic) bond motifs is 1. The van der Waals surface area contributed by atoms with Gasteiger partial charge in [-0.25, -0.2) is 0 Å². The van der Waals surface area contributed by atoms with Crippen LogP contribution in [0.1, 0.15) is 26.7 Å². The van der Waals surface area contributed by atoms with E-state index in [-0.39, 0.29) is 0 Å². The van der Waals surface area contributed by atoms with Crippen molar-refractivity contribution in [3.05, 3.63) is 24.7 Å². The monoisotopic (exact) mass is 311 g/mol. The Balaban J connectivity index is 1.63. The number of anilines is 3. The van der Waals surface area contributed by atoms with Gasteiger partial charge in [-0.1, -0.05) is 0 Å². The van der Waals surface area contributed by atoms with Crippen molar-refractivity contribution >= 4 is 28.5 Å². The van der Waals surface area contributed by atoms with Gasteiger partial charge in [-0.05, 0) is 38.7 Å². The summed E-state index contributed by atoms with van der Waals surface area (Å²) < 4.78 is 1.86. The van der Waals surface area contributed by atoms with Gasteiger partial charge in [0.1, 0.15) is 11.5 Å². The summed E-state index contributed by atoms with van der Waals surface area (Å²) in [6.07, 6.45) is 8.23. The van der Waals surface area contributed by atoms with Gasteiger partial charge in [0.2, 0.25) is 5.95 Å². The molecule has 0 saturated heterocycles. The topological polar surface area (TPSA) is 83.5 Å². The van der Waals surface area contributed by atoms with E-state index in [4.69, 9.17) is 0 Å². The summed E-state index contributed by atoms with van der Waals surface area (Å²) in [6, 6.07) is 2.44. The third-order valence-electron chi connectivity index (χ3n) is 4.32. The van der Waals surface area contributed by atoms with E-state index in [2.05, 4.69) is 44.5 Å². The molecule has 3 N–H and O–H groups in total. The zero-order chi connectivity index (χ0) is 15.8. The summed E-state index contributed by atoms with van der Waals surface area (Å²) in [5, 5.41) is 12.1. The van der Waals surface area contributed by atoms with Gasteiger partial charge < -0.3 is 15.6 Å². The molecule has 0 unspecified atom stereocenters. The summed E-state index contributed by atoms with van der Waals surface area (Å²) in [7, 11) is 0. The number of hydrogen-bond acceptors (Lipinski definition) is 5. The van der Waals surface area contributed by atoms with Crippen LogP contribution in [0.15, 0.2) is 24.7 Å². The van der Waals surface area contributed by atoms with Gasteiger partial charge in [0, 0.05) is 25.0 Å². The van der Waals surface area contributed by atoms with Crippen LogP contribution in [0.3, 0.4) is 0 Å². The van der Waals surface area contributed by atoms with Crippen LogP contribution in [0.25, 0.3) is 11.0 Å². The summed E-state index contributed by atoms with van der Waals surface area (Å²) in [6.45, 7) is 5.11. The van der Waals surface area contributed by atoms with Crippen molar-refractivity contribution in [3.63, 3.8) is 0 Å². The number of nitrogens with one attached hydrogen (secondary N) is 3. The van der Waals surface area contributed by atoms with E-state index in [0.29, 0.717) is 12.0 Å². The molecule has 23 heavy (non-hydrogen) atoms. The maximum Gasteiger partial charge on any atom is 0.231 e. The molecule has 1 fully saturated rings. The first-order valence-corrected chi connectivity index (χ1v) is 8.14. The minimum atomic E-state index is 0.429. The first-order valence-electron chi connectivity index (χ1n) is 8.14. The lowest BCUT2D eigenvalue weighted by Crippen LogP contribution is -2.18. The van der Waals surface area contributed by atoms with Crippen molar-refractivity contribution in [2.75, 3.05) is 10.6 Å². The van der Waals surface area contributed by atoms with Crippen LogP contribution in [-0.4, -0.2) is 30.8 Å². The van der Waals surface area contributed by atoms with Gasteiger partial charge >= 0.3 is 0 Å². The average Bonchev–Trinajstić information content (AvgIpc) is 3.12. The highest BCUT2D eigenvalue weighted by Crippen LogP contribution is 2.34. The molecule has 7 heteroatoms. The Labute approximate surface area is 134 Å². The van der Waals surface area contributed by atoms with Crippen molar-refractivity contribution in [1.29, 1.82) is 0 Å². The molecule has 120 valence electrons. The van der Waals surface area contributed by atoms with Crippen molar-refractivity contribution in [1.82, 2.24) is 24.7 Å². The normalized spacial score (nSPS) is 15.7. The molecular formula is C16H21N7. The molecule has 4 rings (SSSR count). The standard InChI is InChI=1S/C16H21N7/c1-3-23-9-12(8-18-23)20-16-21-14-13(6-7-17-14)15(22-16)19-10(2)11-4-5-11/h6-11H,3-5H2,1-2H3,(H3,17,19,20,21,22)/t10-/m0/s1. The molecule has 3 heterocycles. The Hall–Kier alpha value is -2.57. The summed E-state index contributed by atoms with van der Waals surface area (Å²) in [5.74, 6) is 2.21. The van der Waals surface area contributed by atoms with Crippen molar-refractivity contribution in [3.8, 4) is 0 Å². The quantitative estimate of drug-likeness (QED) is 0.651. The molecule has 0 aromatic carbocycles. The first-order chi connectivity index (χ1) is 11.2. The number of aryl methyl sites for hydroxylation is 1. The molecule has 0 aliphatic heterocycles. The lowest BCUT2D eigenvalue weighted by molar-refractivity contribution is 0.660. The van der Waals surface area contributed by atoms with Gasteiger partial charge in [0.15, 0.2) is 0 Å². The fourth-order valence-electron chi connectivity index (χ4n) is 2.77. The molecule has 1 atom stereocenters. The third kappa shape index (κ3) is 2.86. The number of hydrogen-bond donors (Lipinski definition) is 3. The van der Waals surface area contributed by atoms with Crippen LogP contribution in [0, 0.1) is 5.92 Å². The molecule has 1 aliphatic rings. The predicted octanol–water partition coefficient (Wildman–Crippen LogP) is 3.13. The molecule has 3 aromatic heterocycles. The average molecular weight is 311 g/mol.